The molecule has 2 heterocycles. The van der Waals surface area contributed by atoms with Crippen LogP contribution in [-0.4, -0.2) is 41.2 Å². The van der Waals surface area contributed by atoms with Crippen LogP contribution in [0, 0.1) is 5.92 Å². The molecular formula is C11H15N3O3. The Labute approximate surface area is 99.2 Å². The molecule has 6 heteroatoms. The molecule has 1 aliphatic heterocycles. The van der Waals surface area contributed by atoms with Crippen molar-refractivity contribution in [3.63, 3.8) is 0 Å². The van der Waals surface area contributed by atoms with Gasteiger partial charge in [0.15, 0.2) is 0 Å². The first-order valence-corrected chi connectivity index (χ1v) is 5.52. The number of anilines is 1. The smallest absolute Gasteiger partial charge is 0.303 e. The molecule has 0 saturated carbocycles. The van der Waals surface area contributed by atoms with E-state index in [1.165, 1.54) is 6.33 Å². The largest absolute Gasteiger partial charge is 0.481 e. The van der Waals surface area contributed by atoms with Crippen molar-refractivity contribution in [3.8, 4) is 5.88 Å². The molecule has 0 radical (unpaired) electrons. The van der Waals surface area contributed by atoms with Crippen molar-refractivity contribution >= 4 is 11.8 Å². The number of carbonyl (C=O) groups is 1. The topological polar surface area (TPSA) is 75.5 Å². The lowest BCUT2D eigenvalue weighted by molar-refractivity contribution is -0.137. The Kier molecular flexibility index (Phi) is 3.41. The Morgan fingerprint density at radius 3 is 3.18 bits per heavy atom. The van der Waals surface area contributed by atoms with Crippen molar-refractivity contribution in [2.45, 2.75) is 12.8 Å². The van der Waals surface area contributed by atoms with Gasteiger partial charge in [-0.2, -0.15) is 0 Å². The molecule has 1 aromatic heterocycles. The van der Waals surface area contributed by atoms with Crippen molar-refractivity contribution in [1.82, 2.24) is 9.97 Å². The average molecular weight is 237 g/mol. The molecular weight excluding hydrogens is 222 g/mol. The molecule has 1 atom stereocenters. The van der Waals surface area contributed by atoms with E-state index in [0.29, 0.717) is 5.88 Å². The highest BCUT2D eigenvalue weighted by Crippen LogP contribution is 2.25. The highest BCUT2D eigenvalue weighted by atomic mass is 16.5. The fourth-order valence-corrected chi connectivity index (χ4v) is 2.07. The molecule has 0 spiro atoms. The van der Waals surface area contributed by atoms with E-state index in [0.717, 1.165) is 25.3 Å². The van der Waals surface area contributed by atoms with Gasteiger partial charge in [-0.3, -0.25) is 4.79 Å². The van der Waals surface area contributed by atoms with Crippen molar-refractivity contribution in [1.29, 1.82) is 0 Å². The third-order valence-corrected chi connectivity index (χ3v) is 2.91. The number of nitrogens with zero attached hydrogens (tertiary/aromatic N) is 3. The predicted octanol–water partition coefficient (Wildman–Crippen LogP) is 0.786. The maximum Gasteiger partial charge on any atom is 0.303 e. The van der Waals surface area contributed by atoms with Gasteiger partial charge in [0, 0.05) is 25.6 Å². The van der Waals surface area contributed by atoms with E-state index in [2.05, 4.69) is 14.9 Å². The predicted molar refractivity (Wildman–Crippen MR) is 61.2 cm³/mol. The molecule has 17 heavy (non-hydrogen) atoms. The molecule has 0 amide bonds. The highest BCUT2D eigenvalue weighted by Gasteiger charge is 2.25. The third kappa shape index (κ3) is 2.83. The summed E-state index contributed by atoms with van der Waals surface area (Å²) in [4.78, 5) is 20.8. The first-order chi connectivity index (χ1) is 8.19. The van der Waals surface area contributed by atoms with Gasteiger partial charge in [0.1, 0.15) is 12.1 Å². The maximum absolute atomic E-state index is 10.6. The van der Waals surface area contributed by atoms with E-state index in [9.17, 15) is 4.79 Å². The lowest BCUT2D eigenvalue weighted by Gasteiger charge is -2.17. The number of aliphatic carboxylic acids is 1. The number of carboxylic acid groups (broad SMARTS) is 1. The summed E-state index contributed by atoms with van der Waals surface area (Å²) >= 11 is 0. The number of hydrogen-bond acceptors (Lipinski definition) is 5. The Morgan fingerprint density at radius 1 is 1.65 bits per heavy atom. The van der Waals surface area contributed by atoms with Gasteiger partial charge < -0.3 is 14.7 Å². The van der Waals surface area contributed by atoms with E-state index in [1.54, 1.807) is 13.2 Å². The van der Waals surface area contributed by atoms with Gasteiger partial charge in [-0.15, -0.1) is 0 Å². The molecule has 1 fully saturated rings. The maximum atomic E-state index is 10.6. The summed E-state index contributed by atoms with van der Waals surface area (Å²) < 4.78 is 5.03. The zero-order valence-electron chi connectivity index (χ0n) is 9.67. The van der Waals surface area contributed by atoms with Gasteiger partial charge in [0.05, 0.1) is 7.11 Å². The van der Waals surface area contributed by atoms with Gasteiger partial charge >= 0.3 is 5.97 Å². The highest BCUT2D eigenvalue weighted by molar-refractivity contribution is 5.67. The fourth-order valence-electron chi connectivity index (χ4n) is 2.07. The minimum atomic E-state index is -0.739. The minimum Gasteiger partial charge on any atom is -0.481 e. The van der Waals surface area contributed by atoms with Crippen LogP contribution in [0.5, 0.6) is 5.88 Å². The van der Waals surface area contributed by atoms with Gasteiger partial charge in [-0.25, -0.2) is 9.97 Å². The Hall–Kier alpha value is -1.85. The van der Waals surface area contributed by atoms with Crippen LogP contribution in [0.2, 0.25) is 0 Å². The molecule has 1 saturated heterocycles. The van der Waals surface area contributed by atoms with E-state index in [4.69, 9.17) is 9.84 Å². The Bertz CT molecular complexity index is 411. The van der Waals surface area contributed by atoms with Crippen LogP contribution < -0.4 is 9.64 Å². The van der Waals surface area contributed by atoms with Crippen molar-refractivity contribution in [2.24, 2.45) is 5.92 Å². The Balaban J connectivity index is 2.01. The second-order valence-corrected chi connectivity index (χ2v) is 4.12. The summed E-state index contributed by atoms with van der Waals surface area (Å²) in [6.45, 7) is 1.56. The number of rotatable bonds is 4. The normalized spacial score (nSPS) is 19.4. The van der Waals surface area contributed by atoms with E-state index < -0.39 is 5.97 Å². The van der Waals surface area contributed by atoms with Crippen LogP contribution in [-0.2, 0) is 4.79 Å². The summed E-state index contributed by atoms with van der Waals surface area (Å²) in [6.07, 6.45) is 2.57. The first-order valence-electron chi connectivity index (χ1n) is 5.52. The average Bonchev–Trinajstić information content (AvgIpc) is 2.77. The van der Waals surface area contributed by atoms with E-state index in [-0.39, 0.29) is 12.3 Å². The lowest BCUT2D eigenvalue weighted by atomic mass is 10.1. The third-order valence-electron chi connectivity index (χ3n) is 2.91. The lowest BCUT2D eigenvalue weighted by Crippen LogP contribution is -2.21. The SMILES string of the molecule is COc1cc(N2CCC(CC(=O)O)C2)ncn1. The number of methoxy groups -OCH3 is 1. The summed E-state index contributed by atoms with van der Waals surface area (Å²) in [5, 5.41) is 8.75. The molecule has 1 N–H and O–H groups in total. The standard InChI is InChI=1S/C11H15N3O3/c1-17-10-5-9(12-7-13-10)14-3-2-8(6-14)4-11(15)16/h5,7-8H,2-4,6H2,1H3,(H,15,16). The van der Waals surface area contributed by atoms with Crippen LogP contribution in [0.1, 0.15) is 12.8 Å². The zero-order valence-corrected chi connectivity index (χ0v) is 9.67. The Morgan fingerprint density at radius 2 is 2.47 bits per heavy atom. The fraction of sp³-hybridized carbons (Fsp3) is 0.545. The molecule has 0 aromatic carbocycles. The molecule has 1 aromatic rings. The van der Waals surface area contributed by atoms with E-state index in [1.807, 2.05) is 0 Å². The first kappa shape index (κ1) is 11.6. The van der Waals surface area contributed by atoms with Crippen LogP contribution in [0.4, 0.5) is 5.82 Å². The van der Waals surface area contributed by atoms with E-state index >= 15 is 0 Å². The molecule has 1 unspecified atom stereocenters. The molecule has 1 aliphatic rings. The van der Waals surface area contributed by atoms with Gasteiger partial charge in [0.2, 0.25) is 5.88 Å². The van der Waals surface area contributed by atoms with Crippen LogP contribution in [0.25, 0.3) is 0 Å². The molecule has 92 valence electrons. The molecule has 0 bridgehead atoms. The number of carboxylic acids is 1. The van der Waals surface area contributed by atoms with Crippen molar-refractivity contribution < 1.29 is 14.6 Å². The van der Waals surface area contributed by atoms with Gasteiger partial charge in [-0.1, -0.05) is 0 Å². The second kappa shape index (κ2) is 4.99. The van der Waals surface area contributed by atoms with Gasteiger partial charge in [-0.05, 0) is 12.3 Å². The number of ether oxygens (including phenoxy) is 1. The number of aromatic nitrogens is 2. The minimum absolute atomic E-state index is 0.202. The summed E-state index contributed by atoms with van der Waals surface area (Å²) in [6, 6.07) is 1.77. The summed E-state index contributed by atoms with van der Waals surface area (Å²) in [5.74, 6) is 0.784. The summed E-state index contributed by atoms with van der Waals surface area (Å²) in [5.41, 5.74) is 0. The number of hydrogen-bond donors (Lipinski definition) is 1. The summed E-state index contributed by atoms with van der Waals surface area (Å²) in [7, 11) is 1.56. The van der Waals surface area contributed by atoms with Crippen LogP contribution in [0.3, 0.4) is 0 Å². The van der Waals surface area contributed by atoms with Crippen LogP contribution in [0.15, 0.2) is 12.4 Å². The quantitative estimate of drug-likeness (QED) is 0.834. The van der Waals surface area contributed by atoms with Gasteiger partial charge in [0.25, 0.3) is 0 Å². The zero-order chi connectivity index (χ0) is 12.3. The van der Waals surface area contributed by atoms with Crippen molar-refractivity contribution in [2.75, 3.05) is 25.1 Å². The van der Waals surface area contributed by atoms with Crippen LogP contribution >= 0.6 is 0 Å². The molecule has 6 nitrogen and oxygen atoms in total. The second-order valence-electron chi connectivity index (χ2n) is 4.12. The van der Waals surface area contributed by atoms with Crippen molar-refractivity contribution in [3.05, 3.63) is 12.4 Å². The molecule has 2 rings (SSSR count). The molecule has 0 aliphatic carbocycles. The monoisotopic (exact) mass is 237 g/mol.